The molecule has 0 radical (unpaired) electrons. The van der Waals surface area contributed by atoms with Gasteiger partial charge in [-0.1, -0.05) is 41.5 Å². The molecule has 0 aromatic heterocycles. The van der Waals surface area contributed by atoms with Gasteiger partial charge in [0.25, 0.3) is 0 Å². The van der Waals surface area contributed by atoms with Crippen molar-refractivity contribution in [2.24, 2.45) is 28.6 Å². The number of rotatable bonds is 4. The maximum atomic E-state index is 11.6. The lowest BCUT2D eigenvalue weighted by molar-refractivity contribution is -0.144. The summed E-state index contributed by atoms with van der Waals surface area (Å²) in [7, 11) is 0. The van der Waals surface area contributed by atoms with Crippen LogP contribution >= 0.6 is 0 Å². The fraction of sp³-hybridized carbons (Fsp3) is 0.947. The van der Waals surface area contributed by atoms with E-state index in [1.807, 2.05) is 6.92 Å². The molecule has 1 aliphatic rings. The maximum Gasteiger partial charge on any atom is 0.305 e. The summed E-state index contributed by atoms with van der Waals surface area (Å²) in [6, 6.07) is 0. The minimum absolute atomic E-state index is 0.0888. The zero-order chi connectivity index (χ0) is 17.1. The van der Waals surface area contributed by atoms with E-state index >= 15 is 0 Å². The van der Waals surface area contributed by atoms with Gasteiger partial charge in [0.1, 0.15) is 0 Å². The largest absolute Gasteiger partial charge is 0.466 e. The van der Waals surface area contributed by atoms with Crippen molar-refractivity contribution in [3.05, 3.63) is 0 Å². The Morgan fingerprint density at radius 2 is 1.50 bits per heavy atom. The second-order valence-electron chi connectivity index (χ2n) is 9.12. The Labute approximate surface area is 136 Å². The monoisotopic (exact) mass is 312 g/mol. The molecule has 0 aromatic rings. The molecule has 130 valence electrons. The molecule has 1 aliphatic carbocycles. The van der Waals surface area contributed by atoms with Crippen molar-refractivity contribution in [3.63, 3.8) is 0 Å². The number of hydrogen-bond donors (Lipinski definition) is 1. The first-order chi connectivity index (χ1) is 9.96. The van der Waals surface area contributed by atoms with Crippen molar-refractivity contribution >= 4 is 5.97 Å². The van der Waals surface area contributed by atoms with Crippen molar-refractivity contribution < 1.29 is 14.6 Å². The number of carbonyl (C=O) groups is 1. The van der Waals surface area contributed by atoms with Crippen LogP contribution in [0.2, 0.25) is 0 Å². The maximum absolute atomic E-state index is 11.6. The van der Waals surface area contributed by atoms with Gasteiger partial charge in [-0.3, -0.25) is 4.79 Å². The summed E-state index contributed by atoms with van der Waals surface area (Å²) in [4.78, 5) is 11.6. The first-order valence-electron chi connectivity index (χ1n) is 8.80. The van der Waals surface area contributed by atoms with Gasteiger partial charge in [-0.05, 0) is 54.8 Å². The first kappa shape index (κ1) is 19.5. The van der Waals surface area contributed by atoms with Gasteiger partial charge < -0.3 is 9.84 Å². The summed E-state index contributed by atoms with van der Waals surface area (Å²) in [6.07, 6.45) is 3.15. The van der Waals surface area contributed by atoms with Gasteiger partial charge in [0.05, 0.1) is 12.7 Å². The Hall–Kier alpha value is -0.570. The summed E-state index contributed by atoms with van der Waals surface area (Å²) >= 11 is 0. The molecule has 2 unspecified atom stereocenters. The van der Waals surface area contributed by atoms with E-state index in [2.05, 4.69) is 41.5 Å². The molecule has 1 saturated carbocycles. The molecule has 1 rings (SSSR count). The lowest BCUT2D eigenvalue weighted by Crippen LogP contribution is -2.47. The fourth-order valence-corrected chi connectivity index (χ4v) is 3.90. The third kappa shape index (κ3) is 5.26. The zero-order valence-electron chi connectivity index (χ0n) is 15.6. The molecular formula is C19H36O3. The molecule has 0 amide bonds. The Bertz CT molecular complexity index is 338. The van der Waals surface area contributed by atoms with E-state index in [0.29, 0.717) is 18.9 Å². The van der Waals surface area contributed by atoms with E-state index in [4.69, 9.17) is 4.74 Å². The molecule has 0 aromatic carbocycles. The van der Waals surface area contributed by atoms with E-state index in [9.17, 15) is 9.90 Å². The number of aliphatic hydroxyl groups excluding tert-OH is 1. The van der Waals surface area contributed by atoms with E-state index in [0.717, 1.165) is 19.3 Å². The summed E-state index contributed by atoms with van der Waals surface area (Å²) in [5, 5.41) is 10.9. The molecule has 0 heterocycles. The van der Waals surface area contributed by atoms with Crippen LogP contribution in [0.25, 0.3) is 0 Å². The Balaban J connectivity index is 2.81. The molecular weight excluding hydrogens is 276 g/mol. The Morgan fingerprint density at radius 1 is 1.05 bits per heavy atom. The number of esters is 1. The second-order valence-corrected chi connectivity index (χ2v) is 9.12. The van der Waals surface area contributed by atoms with Gasteiger partial charge in [-0.15, -0.1) is 0 Å². The molecule has 0 spiro atoms. The quantitative estimate of drug-likeness (QED) is 0.781. The predicted octanol–water partition coefficient (Wildman–Crippen LogP) is 4.43. The summed E-state index contributed by atoms with van der Waals surface area (Å²) in [6.45, 7) is 15.6. The van der Waals surface area contributed by atoms with Gasteiger partial charge >= 0.3 is 5.97 Å². The van der Waals surface area contributed by atoms with Gasteiger partial charge in [0, 0.05) is 6.42 Å². The summed E-state index contributed by atoms with van der Waals surface area (Å²) in [5.41, 5.74) is 0.178. The molecule has 1 N–H and O–H groups in total. The highest BCUT2D eigenvalue weighted by Crippen LogP contribution is 2.49. The van der Waals surface area contributed by atoms with Crippen molar-refractivity contribution in [2.45, 2.75) is 80.3 Å². The lowest BCUT2D eigenvalue weighted by Gasteiger charge is -2.49. The number of ether oxygens (including phenoxy) is 1. The normalized spacial score (nSPS) is 30.2. The van der Waals surface area contributed by atoms with Gasteiger partial charge in [0.2, 0.25) is 0 Å². The van der Waals surface area contributed by atoms with Crippen molar-refractivity contribution in [1.29, 1.82) is 0 Å². The van der Waals surface area contributed by atoms with E-state index in [1.54, 1.807) is 0 Å². The first-order valence-corrected chi connectivity index (χ1v) is 8.80. The molecule has 22 heavy (non-hydrogen) atoms. The molecule has 3 heteroatoms. The fourth-order valence-electron chi connectivity index (χ4n) is 3.90. The van der Waals surface area contributed by atoms with Crippen LogP contribution in [0.15, 0.2) is 0 Å². The van der Waals surface area contributed by atoms with Crippen LogP contribution in [-0.2, 0) is 9.53 Å². The molecule has 3 nitrogen and oxygen atoms in total. The smallest absolute Gasteiger partial charge is 0.305 e. The van der Waals surface area contributed by atoms with Crippen LogP contribution in [0.5, 0.6) is 0 Å². The highest BCUT2D eigenvalue weighted by atomic mass is 16.5. The van der Waals surface area contributed by atoms with Crippen molar-refractivity contribution in [3.8, 4) is 0 Å². The van der Waals surface area contributed by atoms with E-state index in [1.165, 1.54) is 0 Å². The van der Waals surface area contributed by atoms with Crippen LogP contribution in [0.4, 0.5) is 0 Å². The topological polar surface area (TPSA) is 46.5 Å². The number of aliphatic hydroxyl groups is 1. The summed E-state index contributed by atoms with van der Waals surface area (Å²) in [5.74, 6) is 0.991. The standard InChI is InChI=1S/C19H36O3/c1-8-22-16(20)10-9-13-11-14(18(2,3)4)17(21)15(12-13)19(5,6)7/h13-15,17,21H,8-12H2,1-7H3. The average molecular weight is 312 g/mol. The van der Waals surface area contributed by atoms with Gasteiger partial charge in [-0.2, -0.15) is 0 Å². The average Bonchev–Trinajstić information content (AvgIpc) is 2.35. The zero-order valence-corrected chi connectivity index (χ0v) is 15.6. The number of hydrogen-bond acceptors (Lipinski definition) is 3. The van der Waals surface area contributed by atoms with Crippen molar-refractivity contribution in [1.82, 2.24) is 0 Å². The third-order valence-electron chi connectivity index (χ3n) is 5.29. The second kappa shape index (κ2) is 7.33. The molecule has 2 atom stereocenters. The molecule has 0 bridgehead atoms. The third-order valence-corrected chi connectivity index (χ3v) is 5.29. The SMILES string of the molecule is CCOC(=O)CCC1CC(C(C)(C)C)C(O)C(C(C)(C)C)C1. The van der Waals surface area contributed by atoms with Gasteiger partial charge in [0.15, 0.2) is 0 Å². The van der Waals surface area contributed by atoms with E-state index < -0.39 is 0 Å². The van der Waals surface area contributed by atoms with Crippen LogP contribution in [-0.4, -0.2) is 23.8 Å². The van der Waals surface area contributed by atoms with Crippen LogP contribution in [0.1, 0.15) is 74.1 Å². The predicted molar refractivity (Wildman–Crippen MR) is 90.5 cm³/mol. The van der Waals surface area contributed by atoms with Crippen LogP contribution in [0.3, 0.4) is 0 Å². The Morgan fingerprint density at radius 3 is 1.86 bits per heavy atom. The van der Waals surface area contributed by atoms with E-state index in [-0.39, 0.29) is 34.7 Å². The minimum atomic E-state index is -0.251. The highest BCUT2D eigenvalue weighted by Gasteiger charge is 2.45. The lowest BCUT2D eigenvalue weighted by atomic mass is 9.58. The van der Waals surface area contributed by atoms with Crippen LogP contribution in [0, 0.1) is 28.6 Å². The van der Waals surface area contributed by atoms with Crippen LogP contribution < -0.4 is 0 Å². The number of carbonyl (C=O) groups excluding carboxylic acids is 1. The Kier molecular flexibility index (Phi) is 6.49. The minimum Gasteiger partial charge on any atom is -0.466 e. The van der Waals surface area contributed by atoms with Gasteiger partial charge in [-0.25, -0.2) is 0 Å². The molecule has 1 fully saturated rings. The molecule has 0 saturated heterocycles. The molecule has 0 aliphatic heterocycles. The highest BCUT2D eigenvalue weighted by molar-refractivity contribution is 5.69. The van der Waals surface area contributed by atoms with Crippen molar-refractivity contribution in [2.75, 3.05) is 6.61 Å². The summed E-state index contributed by atoms with van der Waals surface area (Å²) < 4.78 is 5.05.